The molecular formula is C53H36. The third kappa shape index (κ3) is 4.55. The van der Waals surface area contributed by atoms with Crippen molar-refractivity contribution in [1.29, 1.82) is 0 Å². The van der Waals surface area contributed by atoms with Gasteiger partial charge in [-0.05, 0) is 140 Å². The van der Waals surface area contributed by atoms with Crippen LogP contribution in [0.25, 0.3) is 98.7 Å². The SMILES string of the molecule is CC1(C)c2cc(-c3cccc(-c4cccc(-c5ccc6ccc7c(-c8ccccc8)ccc8ccc5c6c87)c4)c3)ccc2-c2cc3ccccc3cc21. The number of benzene rings is 10. The van der Waals surface area contributed by atoms with Gasteiger partial charge >= 0.3 is 0 Å². The molecule has 0 heterocycles. The van der Waals surface area contributed by atoms with E-state index in [-0.39, 0.29) is 5.41 Å². The Hall–Kier alpha value is -6.50. The highest BCUT2D eigenvalue weighted by Gasteiger charge is 2.36. The van der Waals surface area contributed by atoms with Crippen LogP contribution in [0.1, 0.15) is 25.0 Å². The first-order valence-electron chi connectivity index (χ1n) is 18.7. The Balaban J connectivity index is 0.993. The third-order valence-electron chi connectivity index (χ3n) is 12.0. The van der Waals surface area contributed by atoms with Gasteiger partial charge in [-0.25, -0.2) is 0 Å². The fourth-order valence-corrected chi connectivity index (χ4v) is 9.27. The van der Waals surface area contributed by atoms with Gasteiger partial charge < -0.3 is 0 Å². The topological polar surface area (TPSA) is 0 Å². The molecule has 0 fully saturated rings. The Morgan fingerprint density at radius 1 is 0.283 bits per heavy atom. The Morgan fingerprint density at radius 2 is 0.755 bits per heavy atom. The van der Waals surface area contributed by atoms with E-state index in [1.54, 1.807) is 0 Å². The summed E-state index contributed by atoms with van der Waals surface area (Å²) in [5.74, 6) is 0. The lowest BCUT2D eigenvalue weighted by atomic mass is 9.81. The number of rotatable bonds is 4. The summed E-state index contributed by atoms with van der Waals surface area (Å²) >= 11 is 0. The smallest absolute Gasteiger partial charge is 0.0159 e. The molecule has 0 aromatic heterocycles. The minimum absolute atomic E-state index is 0.0690. The molecule has 10 aromatic rings. The van der Waals surface area contributed by atoms with Crippen LogP contribution in [0.3, 0.4) is 0 Å². The summed E-state index contributed by atoms with van der Waals surface area (Å²) < 4.78 is 0. The van der Waals surface area contributed by atoms with Crippen molar-refractivity contribution in [1.82, 2.24) is 0 Å². The van der Waals surface area contributed by atoms with Crippen molar-refractivity contribution in [3.05, 3.63) is 193 Å². The first-order valence-corrected chi connectivity index (χ1v) is 18.7. The molecule has 0 spiro atoms. The van der Waals surface area contributed by atoms with E-state index >= 15 is 0 Å². The summed E-state index contributed by atoms with van der Waals surface area (Å²) in [5.41, 5.74) is 15.5. The predicted octanol–water partition coefficient (Wildman–Crippen LogP) is 14.7. The van der Waals surface area contributed by atoms with Crippen molar-refractivity contribution in [2.24, 2.45) is 0 Å². The van der Waals surface area contributed by atoms with E-state index in [4.69, 9.17) is 0 Å². The van der Waals surface area contributed by atoms with Crippen LogP contribution >= 0.6 is 0 Å². The zero-order valence-corrected chi connectivity index (χ0v) is 29.8. The Morgan fingerprint density at radius 3 is 1.42 bits per heavy atom. The van der Waals surface area contributed by atoms with E-state index < -0.39 is 0 Å². The lowest BCUT2D eigenvalue weighted by Crippen LogP contribution is -2.15. The first-order chi connectivity index (χ1) is 26.0. The maximum absolute atomic E-state index is 2.43. The molecule has 0 unspecified atom stereocenters. The van der Waals surface area contributed by atoms with Gasteiger partial charge in [0, 0.05) is 5.41 Å². The quantitative estimate of drug-likeness (QED) is 0.163. The van der Waals surface area contributed by atoms with Crippen molar-refractivity contribution in [2.45, 2.75) is 19.3 Å². The summed E-state index contributed by atoms with van der Waals surface area (Å²) in [4.78, 5) is 0. The van der Waals surface area contributed by atoms with E-state index in [0.29, 0.717) is 0 Å². The number of fused-ring (bicyclic) bond motifs is 4. The van der Waals surface area contributed by atoms with Crippen molar-refractivity contribution in [2.75, 3.05) is 0 Å². The van der Waals surface area contributed by atoms with Gasteiger partial charge in [0.2, 0.25) is 0 Å². The van der Waals surface area contributed by atoms with Crippen LogP contribution in [0.15, 0.2) is 182 Å². The molecule has 1 aliphatic carbocycles. The highest BCUT2D eigenvalue weighted by atomic mass is 14.4. The van der Waals surface area contributed by atoms with E-state index in [1.807, 2.05) is 0 Å². The van der Waals surface area contributed by atoms with Crippen molar-refractivity contribution >= 4 is 43.1 Å². The highest BCUT2D eigenvalue weighted by Crippen LogP contribution is 2.51. The van der Waals surface area contributed by atoms with E-state index in [1.165, 1.54) is 110 Å². The van der Waals surface area contributed by atoms with Crippen LogP contribution in [0.5, 0.6) is 0 Å². The normalized spacial score (nSPS) is 13.2. The maximum atomic E-state index is 2.43. The molecule has 0 atom stereocenters. The zero-order valence-electron chi connectivity index (χ0n) is 29.8. The van der Waals surface area contributed by atoms with Gasteiger partial charge in [-0.2, -0.15) is 0 Å². The van der Waals surface area contributed by atoms with Gasteiger partial charge in [0.15, 0.2) is 0 Å². The molecule has 53 heavy (non-hydrogen) atoms. The molecule has 11 rings (SSSR count). The summed E-state index contributed by atoms with van der Waals surface area (Å²) in [6, 6.07) is 67.9. The molecule has 0 amide bonds. The Bertz CT molecular complexity index is 3070. The van der Waals surface area contributed by atoms with Crippen LogP contribution in [0.2, 0.25) is 0 Å². The van der Waals surface area contributed by atoms with Crippen molar-refractivity contribution in [3.8, 4) is 55.6 Å². The molecule has 0 aliphatic heterocycles. The van der Waals surface area contributed by atoms with Gasteiger partial charge in [0.25, 0.3) is 0 Å². The Labute approximate surface area is 310 Å². The fourth-order valence-electron chi connectivity index (χ4n) is 9.27. The molecule has 0 saturated heterocycles. The molecule has 0 N–H and O–H groups in total. The summed E-state index contributed by atoms with van der Waals surface area (Å²) in [6.07, 6.45) is 0. The minimum atomic E-state index is -0.0690. The van der Waals surface area contributed by atoms with Gasteiger partial charge in [0.05, 0.1) is 0 Å². The van der Waals surface area contributed by atoms with Gasteiger partial charge in [0.1, 0.15) is 0 Å². The summed E-state index contributed by atoms with van der Waals surface area (Å²) in [6.45, 7) is 4.75. The zero-order chi connectivity index (χ0) is 35.3. The minimum Gasteiger partial charge on any atom is -0.0622 e. The van der Waals surface area contributed by atoms with Gasteiger partial charge in [-0.15, -0.1) is 0 Å². The molecule has 0 heteroatoms. The van der Waals surface area contributed by atoms with Crippen LogP contribution in [-0.2, 0) is 5.41 Å². The molecule has 0 radical (unpaired) electrons. The molecule has 248 valence electrons. The summed E-state index contributed by atoms with van der Waals surface area (Å²) in [7, 11) is 0. The second-order valence-corrected chi connectivity index (χ2v) is 15.3. The monoisotopic (exact) mass is 672 g/mol. The fraction of sp³-hybridized carbons (Fsp3) is 0.0566. The highest BCUT2D eigenvalue weighted by molar-refractivity contribution is 6.27. The second kappa shape index (κ2) is 11.2. The van der Waals surface area contributed by atoms with Gasteiger partial charge in [-0.3, -0.25) is 0 Å². The average Bonchev–Trinajstić information content (AvgIpc) is 3.43. The second-order valence-electron chi connectivity index (χ2n) is 15.3. The molecule has 10 aromatic carbocycles. The van der Waals surface area contributed by atoms with Crippen LogP contribution < -0.4 is 0 Å². The van der Waals surface area contributed by atoms with E-state index in [0.717, 1.165) is 0 Å². The van der Waals surface area contributed by atoms with E-state index in [2.05, 4.69) is 196 Å². The largest absolute Gasteiger partial charge is 0.0622 e. The maximum Gasteiger partial charge on any atom is 0.0159 e. The molecular weight excluding hydrogens is 637 g/mol. The standard InChI is InChI=1S/C53H36/c1-53(2)49-32-41(22-25-45(49)48-30-39-12-6-7-13-40(39)31-50(48)53)37-15-8-14-36(28-37)38-16-9-17-42(29-38)44-24-19-35-20-26-46-43(33-10-4-3-5-11-33)23-18-34-21-27-47(44)52(35)51(34)46/h3-32H,1-2H3. The number of hydrogen-bond acceptors (Lipinski definition) is 0. The number of hydrogen-bond donors (Lipinski definition) is 0. The molecule has 0 bridgehead atoms. The molecule has 0 nitrogen and oxygen atoms in total. The third-order valence-corrected chi connectivity index (χ3v) is 12.0. The van der Waals surface area contributed by atoms with Crippen molar-refractivity contribution in [3.63, 3.8) is 0 Å². The molecule has 1 aliphatic rings. The molecule has 0 saturated carbocycles. The van der Waals surface area contributed by atoms with Crippen LogP contribution in [0.4, 0.5) is 0 Å². The predicted molar refractivity (Wildman–Crippen MR) is 227 cm³/mol. The average molecular weight is 673 g/mol. The van der Waals surface area contributed by atoms with E-state index in [9.17, 15) is 0 Å². The lowest BCUT2D eigenvalue weighted by Gasteiger charge is -2.22. The van der Waals surface area contributed by atoms with Crippen molar-refractivity contribution < 1.29 is 0 Å². The first kappa shape index (κ1) is 30.2. The summed E-state index contributed by atoms with van der Waals surface area (Å²) in [5, 5.41) is 10.5. The Kier molecular flexibility index (Phi) is 6.40. The van der Waals surface area contributed by atoms with Crippen LogP contribution in [0, 0.1) is 0 Å². The van der Waals surface area contributed by atoms with Crippen LogP contribution in [-0.4, -0.2) is 0 Å². The lowest BCUT2D eigenvalue weighted by molar-refractivity contribution is 0.661. The van der Waals surface area contributed by atoms with Gasteiger partial charge in [-0.1, -0.05) is 166 Å².